The maximum absolute atomic E-state index is 6.45. The number of alkyl halides is 1. The summed E-state index contributed by atoms with van der Waals surface area (Å²) in [6.45, 7) is 2.00. The van der Waals surface area contributed by atoms with Crippen LogP contribution < -0.4 is 0 Å². The fourth-order valence-corrected chi connectivity index (χ4v) is 2.26. The number of hydrogen-bond donors (Lipinski definition) is 0. The first-order chi connectivity index (χ1) is 7.70. The second-order valence-corrected chi connectivity index (χ2v) is 4.57. The molecular formula is C14H12Cl2. The highest BCUT2D eigenvalue weighted by atomic mass is 35.5. The molecule has 2 heteroatoms. The fourth-order valence-electron chi connectivity index (χ4n) is 1.70. The lowest BCUT2D eigenvalue weighted by Gasteiger charge is -2.13. The van der Waals surface area contributed by atoms with Crippen LogP contribution in [0.25, 0.3) is 0 Å². The third-order valence-corrected chi connectivity index (χ3v) is 3.57. The SMILES string of the molecule is Cc1c(Cl)cccc1C(Cl)c1ccccc1. The second kappa shape index (κ2) is 4.90. The molecule has 2 aromatic carbocycles. The molecule has 0 amide bonds. The summed E-state index contributed by atoms with van der Waals surface area (Å²) in [4.78, 5) is 0. The van der Waals surface area contributed by atoms with E-state index >= 15 is 0 Å². The van der Waals surface area contributed by atoms with Gasteiger partial charge in [0.2, 0.25) is 0 Å². The van der Waals surface area contributed by atoms with Gasteiger partial charge in [-0.2, -0.15) is 0 Å². The Kier molecular flexibility index (Phi) is 3.52. The monoisotopic (exact) mass is 250 g/mol. The van der Waals surface area contributed by atoms with Crippen LogP contribution in [0.4, 0.5) is 0 Å². The van der Waals surface area contributed by atoms with Gasteiger partial charge >= 0.3 is 0 Å². The minimum atomic E-state index is -0.139. The van der Waals surface area contributed by atoms with E-state index < -0.39 is 0 Å². The van der Waals surface area contributed by atoms with Crippen LogP contribution in [0.5, 0.6) is 0 Å². The van der Waals surface area contributed by atoms with E-state index in [4.69, 9.17) is 23.2 Å². The highest BCUT2D eigenvalue weighted by Gasteiger charge is 2.13. The third-order valence-electron chi connectivity index (χ3n) is 2.67. The van der Waals surface area contributed by atoms with Gasteiger partial charge in [0, 0.05) is 5.02 Å². The summed E-state index contributed by atoms with van der Waals surface area (Å²) in [6, 6.07) is 15.9. The van der Waals surface area contributed by atoms with E-state index in [1.807, 2.05) is 55.5 Å². The topological polar surface area (TPSA) is 0 Å². The molecule has 0 N–H and O–H groups in total. The summed E-state index contributed by atoms with van der Waals surface area (Å²) in [5.41, 5.74) is 3.21. The average molecular weight is 251 g/mol. The van der Waals surface area contributed by atoms with Crippen molar-refractivity contribution in [3.8, 4) is 0 Å². The Morgan fingerprint density at radius 1 is 0.938 bits per heavy atom. The van der Waals surface area contributed by atoms with Crippen LogP contribution in [0, 0.1) is 6.92 Å². The van der Waals surface area contributed by atoms with Gasteiger partial charge in [0.15, 0.2) is 0 Å². The van der Waals surface area contributed by atoms with Crippen LogP contribution in [-0.2, 0) is 0 Å². The van der Waals surface area contributed by atoms with Crippen LogP contribution in [0.2, 0.25) is 5.02 Å². The minimum Gasteiger partial charge on any atom is -0.113 e. The second-order valence-electron chi connectivity index (χ2n) is 3.73. The van der Waals surface area contributed by atoms with Crippen molar-refractivity contribution in [1.29, 1.82) is 0 Å². The molecule has 0 aromatic heterocycles. The first-order valence-corrected chi connectivity index (χ1v) is 5.95. The zero-order valence-electron chi connectivity index (χ0n) is 8.95. The summed E-state index contributed by atoms with van der Waals surface area (Å²) >= 11 is 12.5. The zero-order valence-corrected chi connectivity index (χ0v) is 10.5. The van der Waals surface area contributed by atoms with Gasteiger partial charge in [0.05, 0.1) is 5.38 Å². The average Bonchev–Trinajstić information content (AvgIpc) is 2.33. The molecule has 0 saturated heterocycles. The molecular weight excluding hydrogens is 239 g/mol. The van der Waals surface area contributed by atoms with Gasteiger partial charge in [0.25, 0.3) is 0 Å². The molecule has 0 nitrogen and oxygen atoms in total. The van der Waals surface area contributed by atoms with Crippen molar-refractivity contribution >= 4 is 23.2 Å². The van der Waals surface area contributed by atoms with Crippen LogP contribution >= 0.6 is 23.2 Å². The Morgan fingerprint density at radius 3 is 2.31 bits per heavy atom. The molecule has 0 heterocycles. The molecule has 0 aliphatic heterocycles. The molecule has 1 unspecified atom stereocenters. The van der Waals surface area contributed by atoms with Crippen LogP contribution in [-0.4, -0.2) is 0 Å². The van der Waals surface area contributed by atoms with Gasteiger partial charge in [-0.3, -0.25) is 0 Å². The highest BCUT2D eigenvalue weighted by Crippen LogP contribution is 2.33. The predicted octanol–water partition coefficient (Wildman–Crippen LogP) is 4.98. The molecule has 0 spiro atoms. The van der Waals surface area contributed by atoms with E-state index in [0.29, 0.717) is 0 Å². The maximum atomic E-state index is 6.45. The van der Waals surface area contributed by atoms with Gasteiger partial charge in [-0.05, 0) is 29.7 Å². The molecule has 0 aliphatic carbocycles. The first kappa shape index (κ1) is 11.5. The summed E-state index contributed by atoms with van der Waals surface area (Å²) in [7, 11) is 0. The summed E-state index contributed by atoms with van der Waals surface area (Å²) in [6.07, 6.45) is 0. The number of rotatable bonds is 2. The fraction of sp³-hybridized carbons (Fsp3) is 0.143. The number of benzene rings is 2. The van der Waals surface area contributed by atoms with Gasteiger partial charge in [0.1, 0.15) is 0 Å². The van der Waals surface area contributed by atoms with E-state index in [0.717, 1.165) is 21.7 Å². The molecule has 82 valence electrons. The smallest absolute Gasteiger partial charge is 0.0838 e. The van der Waals surface area contributed by atoms with Crippen molar-refractivity contribution in [2.45, 2.75) is 12.3 Å². The Bertz CT molecular complexity index is 477. The first-order valence-electron chi connectivity index (χ1n) is 5.14. The van der Waals surface area contributed by atoms with Crippen molar-refractivity contribution in [2.24, 2.45) is 0 Å². The molecule has 16 heavy (non-hydrogen) atoms. The van der Waals surface area contributed by atoms with E-state index in [1.54, 1.807) is 0 Å². The molecule has 0 aliphatic rings. The lowest BCUT2D eigenvalue weighted by atomic mass is 10.0. The summed E-state index contributed by atoms with van der Waals surface area (Å²) < 4.78 is 0. The van der Waals surface area contributed by atoms with Gasteiger partial charge in [-0.15, -0.1) is 11.6 Å². The molecule has 0 radical (unpaired) electrons. The Labute approximate surface area is 106 Å². The maximum Gasteiger partial charge on any atom is 0.0838 e. The van der Waals surface area contributed by atoms with Crippen LogP contribution in [0.15, 0.2) is 48.5 Å². The van der Waals surface area contributed by atoms with Gasteiger partial charge in [-0.25, -0.2) is 0 Å². The molecule has 0 saturated carbocycles. The Morgan fingerprint density at radius 2 is 1.62 bits per heavy atom. The Hall–Kier alpha value is -0.980. The summed E-state index contributed by atoms with van der Waals surface area (Å²) in [5.74, 6) is 0. The Balaban J connectivity index is 2.42. The molecule has 1 atom stereocenters. The van der Waals surface area contributed by atoms with E-state index in [1.165, 1.54) is 0 Å². The minimum absolute atomic E-state index is 0.139. The van der Waals surface area contributed by atoms with Gasteiger partial charge < -0.3 is 0 Å². The lowest BCUT2D eigenvalue weighted by molar-refractivity contribution is 1.11. The van der Waals surface area contributed by atoms with Crippen molar-refractivity contribution < 1.29 is 0 Å². The lowest BCUT2D eigenvalue weighted by Crippen LogP contribution is -1.96. The highest BCUT2D eigenvalue weighted by molar-refractivity contribution is 6.31. The normalized spacial score (nSPS) is 12.4. The van der Waals surface area contributed by atoms with E-state index in [9.17, 15) is 0 Å². The zero-order chi connectivity index (χ0) is 11.5. The standard InChI is InChI=1S/C14H12Cl2/c1-10-12(8-5-9-13(10)15)14(16)11-6-3-2-4-7-11/h2-9,14H,1H3. The van der Waals surface area contributed by atoms with E-state index in [-0.39, 0.29) is 5.38 Å². The summed E-state index contributed by atoms with van der Waals surface area (Å²) in [5, 5.41) is 0.624. The van der Waals surface area contributed by atoms with E-state index in [2.05, 4.69) is 0 Å². The number of halogens is 2. The van der Waals surface area contributed by atoms with Crippen molar-refractivity contribution in [3.63, 3.8) is 0 Å². The molecule has 2 rings (SSSR count). The predicted molar refractivity (Wildman–Crippen MR) is 70.3 cm³/mol. The largest absolute Gasteiger partial charge is 0.113 e. The number of hydrogen-bond acceptors (Lipinski definition) is 0. The molecule has 0 bridgehead atoms. The van der Waals surface area contributed by atoms with Crippen LogP contribution in [0.1, 0.15) is 22.1 Å². The van der Waals surface area contributed by atoms with Crippen molar-refractivity contribution in [1.82, 2.24) is 0 Å². The molecule has 2 aromatic rings. The van der Waals surface area contributed by atoms with Crippen molar-refractivity contribution in [3.05, 3.63) is 70.2 Å². The molecule has 0 fully saturated rings. The van der Waals surface area contributed by atoms with Gasteiger partial charge in [-0.1, -0.05) is 54.1 Å². The quantitative estimate of drug-likeness (QED) is 0.660. The third kappa shape index (κ3) is 2.23. The van der Waals surface area contributed by atoms with Crippen LogP contribution in [0.3, 0.4) is 0 Å². The van der Waals surface area contributed by atoms with Crippen molar-refractivity contribution in [2.75, 3.05) is 0 Å².